The highest BCUT2D eigenvalue weighted by atomic mass is 16.5. The maximum absolute atomic E-state index is 12.0. The van der Waals surface area contributed by atoms with Crippen molar-refractivity contribution < 1.29 is 9.53 Å². The number of ether oxygens (including phenoxy) is 1. The molecule has 1 aliphatic rings. The van der Waals surface area contributed by atoms with Crippen LogP contribution in [0.4, 0.5) is 10.5 Å². The zero-order valence-electron chi connectivity index (χ0n) is 13.2. The summed E-state index contributed by atoms with van der Waals surface area (Å²) >= 11 is 0. The van der Waals surface area contributed by atoms with E-state index in [-0.39, 0.29) is 6.03 Å². The lowest BCUT2D eigenvalue weighted by molar-refractivity contribution is 0.177. The number of methoxy groups -OCH3 is 1. The average molecular weight is 291 g/mol. The number of aryl methyl sites for hydroxylation is 2. The van der Waals surface area contributed by atoms with Crippen LogP contribution in [0.2, 0.25) is 0 Å². The van der Waals surface area contributed by atoms with Crippen molar-refractivity contribution >= 4 is 11.7 Å². The summed E-state index contributed by atoms with van der Waals surface area (Å²) in [6.07, 6.45) is 0. The molecule has 1 aliphatic heterocycles. The summed E-state index contributed by atoms with van der Waals surface area (Å²) in [5.41, 5.74) is 3.86. The number of hydrogen-bond donors (Lipinski definition) is 1. The van der Waals surface area contributed by atoms with Gasteiger partial charge < -0.3 is 19.9 Å². The molecule has 1 aromatic rings. The second kappa shape index (κ2) is 7.31. The molecule has 1 fully saturated rings. The fourth-order valence-electron chi connectivity index (χ4n) is 2.68. The summed E-state index contributed by atoms with van der Waals surface area (Å²) < 4.78 is 4.94. The van der Waals surface area contributed by atoms with Crippen LogP contribution in [0.1, 0.15) is 11.1 Å². The smallest absolute Gasteiger partial charge is 0.317 e. The van der Waals surface area contributed by atoms with Crippen LogP contribution in [0.15, 0.2) is 18.2 Å². The Balaban J connectivity index is 1.86. The molecule has 116 valence electrons. The summed E-state index contributed by atoms with van der Waals surface area (Å²) in [7, 11) is 1.63. The molecule has 2 rings (SSSR count). The van der Waals surface area contributed by atoms with Gasteiger partial charge in [-0.1, -0.05) is 17.7 Å². The largest absolute Gasteiger partial charge is 0.383 e. The quantitative estimate of drug-likeness (QED) is 0.860. The van der Waals surface area contributed by atoms with Crippen molar-refractivity contribution in [1.82, 2.24) is 10.2 Å². The molecule has 5 nitrogen and oxygen atoms in total. The average Bonchev–Trinajstić information content (AvgIpc) is 2.48. The Bertz CT molecular complexity index is 482. The van der Waals surface area contributed by atoms with E-state index in [9.17, 15) is 4.79 Å². The number of nitrogens with one attached hydrogen (secondary N) is 1. The van der Waals surface area contributed by atoms with E-state index in [1.54, 1.807) is 7.11 Å². The van der Waals surface area contributed by atoms with Crippen molar-refractivity contribution in [3.8, 4) is 0 Å². The zero-order valence-corrected chi connectivity index (χ0v) is 13.2. The Morgan fingerprint density at radius 1 is 1.24 bits per heavy atom. The van der Waals surface area contributed by atoms with E-state index < -0.39 is 0 Å². The Hall–Kier alpha value is -1.75. The fourth-order valence-corrected chi connectivity index (χ4v) is 2.68. The van der Waals surface area contributed by atoms with Gasteiger partial charge in [0.1, 0.15) is 0 Å². The van der Waals surface area contributed by atoms with Gasteiger partial charge >= 0.3 is 6.03 Å². The number of piperazine rings is 1. The number of nitrogens with zero attached hydrogens (tertiary/aromatic N) is 2. The lowest BCUT2D eigenvalue weighted by Crippen LogP contribution is -2.52. The van der Waals surface area contributed by atoms with Crippen LogP contribution in [0, 0.1) is 13.8 Å². The lowest BCUT2D eigenvalue weighted by atomic mass is 10.1. The van der Waals surface area contributed by atoms with Gasteiger partial charge in [-0.2, -0.15) is 0 Å². The van der Waals surface area contributed by atoms with Crippen LogP contribution in [0.25, 0.3) is 0 Å². The number of carbonyl (C=O) groups is 1. The van der Waals surface area contributed by atoms with Gasteiger partial charge in [0.05, 0.1) is 6.61 Å². The molecule has 1 N–H and O–H groups in total. The topological polar surface area (TPSA) is 44.8 Å². The fraction of sp³-hybridized carbons (Fsp3) is 0.562. The minimum Gasteiger partial charge on any atom is -0.383 e. The van der Waals surface area contributed by atoms with Gasteiger partial charge in [-0.15, -0.1) is 0 Å². The summed E-state index contributed by atoms with van der Waals surface area (Å²) in [5.74, 6) is 0. The standard InChI is InChI=1S/C16H25N3O2/c1-13-4-5-15(14(2)12-13)18-7-9-19(10-8-18)16(20)17-6-11-21-3/h4-5,12H,6-11H2,1-3H3,(H,17,20). The first-order valence-electron chi connectivity index (χ1n) is 7.45. The highest BCUT2D eigenvalue weighted by molar-refractivity contribution is 5.74. The molecule has 0 aliphatic carbocycles. The van der Waals surface area contributed by atoms with E-state index in [1.165, 1.54) is 16.8 Å². The van der Waals surface area contributed by atoms with Crippen LogP contribution in [0.5, 0.6) is 0 Å². The highest BCUT2D eigenvalue weighted by Crippen LogP contribution is 2.22. The number of benzene rings is 1. The predicted molar refractivity (Wildman–Crippen MR) is 85.0 cm³/mol. The maximum atomic E-state index is 12.0. The van der Waals surface area contributed by atoms with Crippen molar-refractivity contribution in [2.24, 2.45) is 0 Å². The van der Waals surface area contributed by atoms with E-state index >= 15 is 0 Å². The predicted octanol–water partition coefficient (Wildman–Crippen LogP) is 1.78. The molecular formula is C16H25N3O2. The SMILES string of the molecule is COCCNC(=O)N1CCN(c2ccc(C)cc2C)CC1. The molecule has 2 amide bonds. The minimum absolute atomic E-state index is 0.00679. The number of amides is 2. The number of carbonyl (C=O) groups excluding carboxylic acids is 1. The van der Waals surface area contributed by atoms with E-state index in [0.717, 1.165) is 26.2 Å². The molecule has 1 aromatic carbocycles. The molecule has 5 heteroatoms. The first-order chi connectivity index (χ1) is 10.1. The molecule has 1 saturated heterocycles. The molecule has 0 spiro atoms. The van der Waals surface area contributed by atoms with Crippen molar-refractivity contribution in [2.45, 2.75) is 13.8 Å². The van der Waals surface area contributed by atoms with Gasteiger partial charge in [0.25, 0.3) is 0 Å². The van der Waals surface area contributed by atoms with Crippen LogP contribution in [-0.2, 0) is 4.74 Å². The molecule has 0 aromatic heterocycles. The van der Waals surface area contributed by atoms with E-state index in [1.807, 2.05) is 4.90 Å². The summed E-state index contributed by atoms with van der Waals surface area (Å²) in [6, 6.07) is 6.54. The second-order valence-corrected chi connectivity index (χ2v) is 5.49. The molecule has 1 heterocycles. The Morgan fingerprint density at radius 3 is 2.57 bits per heavy atom. The van der Waals surface area contributed by atoms with E-state index in [4.69, 9.17) is 4.74 Å². The molecule has 0 atom stereocenters. The minimum atomic E-state index is 0.00679. The summed E-state index contributed by atoms with van der Waals surface area (Å²) in [5, 5.41) is 2.87. The lowest BCUT2D eigenvalue weighted by Gasteiger charge is -2.36. The highest BCUT2D eigenvalue weighted by Gasteiger charge is 2.21. The zero-order chi connectivity index (χ0) is 15.2. The van der Waals surface area contributed by atoms with Crippen LogP contribution in [-0.4, -0.2) is 57.4 Å². The second-order valence-electron chi connectivity index (χ2n) is 5.49. The summed E-state index contributed by atoms with van der Waals surface area (Å²) in [6.45, 7) is 8.63. The Labute approximate surface area is 126 Å². The third-order valence-corrected chi connectivity index (χ3v) is 3.84. The number of urea groups is 1. The third-order valence-electron chi connectivity index (χ3n) is 3.84. The van der Waals surface area contributed by atoms with E-state index in [2.05, 4.69) is 42.3 Å². The summed E-state index contributed by atoms with van der Waals surface area (Å²) in [4.78, 5) is 16.2. The molecule has 0 unspecified atom stereocenters. The number of anilines is 1. The first kappa shape index (κ1) is 15.6. The molecule has 0 bridgehead atoms. The van der Waals surface area contributed by atoms with Crippen molar-refractivity contribution in [1.29, 1.82) is 0 Å². The molecule has 0 saturated carbocycles. The molecular weight excluding hydrogens is 266 g/mol. The van der Waals surface area contributed by atoms with Crippen molar-refractivity contribution in [3.05, 3.63) is 29.3 Å². The van der Waals surface area contributed by atoms with Gasteiger partial charge in [-0.3, -0.25) is 0 Å². The third kappa shape index (κ3) is 4.11. The monoisotopic (exact) mass is 291 g/mol. The van der Waals surface area contributed by atoms with Gasteiger partial charge in [0.2, 0.25) is 0 Å². The van der Waals surface area contributed by atoms with Gasteiger partial charge in [-0.05, 0) is 25.5 Å². The van der Waals surface area contributed by atoms with Crippen LogP contribution < -0.4 is 10.2 Å². The van der Waals surface area contributed by atoms with Gasteiger partial charge in [-0.25, -0.2) is 4.79 Å². The normalized spacial score (nSPS) is 15.2. The van der Waals surface area contributed by atoms with E-state index in [0.29, 0.717) is 13.2 Å². The number of rotatable bonds is 4. The van der Waals surface area contributed by atoms with Crippen molar-refractivity contribution in [3.63, 3.8) is 0 Å². The number of hydrogen-bond acceptors (Lipinski definition) is 3. The van der Waals surface area contributed by atoms with Crippen molar-refractivity contribution in [2.75, 3.05) is 51.3 Å². The van der Waals surface area contributed by atoms with Gasteiger partial charge in [0.15, 0.2) is 0 Å². The molecule has 21 heavy (non-hydrogen) atoms. The van der Waals surface area contributed by atoms with Gasteiger partial charge in [0, 0.05) is 45.5 Å². The first-order valence-corrected chi connectivity index (χ1v) is 7.45. The van der Waals surface area contributed by atoms with Crippen LogP contribution in [0.3, 0.4) is 0 Å². The maximum Gasteiger partial charge on any atom is 0.317 e. The van der Waals surface area contributed by atoms with Crippen LogP contribution >= 0.6 is 0 Å². The Kier molecular flexibility index (Phi) is 5.44. The molecule has 0 radical (unpaired) electrons. The Morgan fingerprint density at radius 2 is 1.95 bits per heavy atom.